The Labute approximate surface area is 179 Å². The van der Waals surface area contributed by atoms with E-state index in [1.165, 1.54) is 4.40 Å². The molecule has 0 spiro atoms. The number of fused-ring (bicyclic) bond motifs is 1. The first-order valence-electron chi connectivity index (χ1n) is 10.8. The van der Waals surface area contributed by atoms with Crippen LogP contribution in [0.15, 0.2) is 42.6 Å². The molecule has 0 bridgehead atoms. The predicted octanol–water partition coefficient (Wildman–Crippen LogP) is 4.81. The van der Waals surface area contributed by atoms with Crippen LogP contribution in [-0.2, 0) is 12.6 Å². The number of rotatable bonds is 4. The first-order valence-corrected chi connectivity index (χ1v) is 10.8. The van der Waals surface area contributed by atoms with Crippen LogP contribution < -0.4 is 9.80 Å². The molecule has 1 saturated heterocycles. The zero-order valence-electron chi connectivity index (χ0n) is 17.7. The van der Waals surface area contributed by atoms with Crippen molar-refractivity contribution in [1.82, 2.24) is 14.6 Å². The van der Waals surface area contributed by atoms with Gasteiger partial charge in [0.1, 0.15) is 11.4 Å². The molecule has 1 aliphatic carbocycles. The Morgan fingerprint density at radius 2 is 1.77 bits per heavy atom. The minimum absolute atomic E-state index is 0.0936. The lowest BCUT2D eigenvalue weighted by atomic mass is 9.96. The molecule has 1 saturated carbocycles. The van der Waals surface area contributed by atoms with E-state index in [1.54, 1.807) is 12.3 Å². The third kappa shape index (κ3) is 3.72. The summed E-state index contributed by atoms with van der Waals surface area (Å²) in [7, 11) is 0. The van der Waals surface area contributed by atoms with Crippen LogP contribution in [0.2, 0.25) is 0 Å². The highest BCUT2D eigenvalue weighted by molar-refractivity contribution is 5.68. The zero-order valence-corrected chi connectivity index (χ0v) is 17.7. The molecule has 0 radical (unpaired) electrons. The van der Waals surface area contributed by atoms with E-state index in [0.29, 0.717) is 37.8 Å². The van der Waals surface area contributed by atoms with Gasteiger partial charge in [-0.2, -0.15) is 13.2 Å². The number of piperazine rings is 1. The topological polar surface area (TPSA) is 36.7 Å². The number of pyridine rings is 1. The minimum atomic E-state index is -4.51. The number of hydrogen-bond acceptors (Lipinski definition) is 4. The SMILES string of the molecule is CC1(C)CN(c2ccn3c(CC4CC4)nnc3c2C(F)(F)F)CCN1c1ccccc1. The number of hydrogen-bond donors (Lipinski definition) is 0. The fourth-order valence-electron chi connectivity index (χ4n) is 4.70. The number of nitrogens with zero attached hydrogens (tertiary/aromatic N) is 5. The predicted molar refractivity (Wildman–Crippen MR) is 114 cm³/mol. The summed E-state index contributed by atoms with van der Waals surface area (Å²) in [5.74, 6) is 1.14. The van der Waals surface area contributed by atoms with Gasteiger partial charge < -0.3 is 9.80 Å². The fraction of sp³-hybridized carbons (Fsp3) is 0.478. The van der Waals surface area contributed by atoms with Gasteiger partial charge in [-0.05, 0) is 50.8 Å². The highest BCUT2D eigenvalue weighted by Crippen LogP contribution is 2.41. The van der Waals surface area contributed by atoms with Crippen molar-refractivity contribution in [3.05, 3.63) is 54.0 Å². The Bertz CT molecular complexity index is 1090. The number of benzene rings is 1. The van der Waals surface area contributed by atoms with Crippen molar-refractivity contribution < 1.29 is 13.2 Å². The van der Waals surface area contributed by atoms with Crippen LogP contribution in [0.4, 0.5) is 24.5 Å². The van der Waals surface area contributed by atoms with Gasteiger partial charge >= 0.3 is 6.18 Å². The van der Waals surface area contributed by atoms with E-state index >= 15 is 0 Å². The fourth-order valence-corrected chi connectivity index (χ4v) is 4.70. The first-order chi connectivity index (χ1) is 14.7. The highest BCUT2D eigenvalue weighted by atomic mass is 19.4. The van der Waals surface area contributed by atoms with Gasteiger partial charge in [0, 0.05) is 37.9 Å². The van der Waals surface area contributed by atoms with Gasteiger partial charge in [0.15, 0.2) is 5.65 Å². The van der Waals surface area contributed by atoms with Crippen molar-refractivity contribution in [2.24, 2.45) is 5.92 Å². The van der Waals surface area contributed by atoms with E-state index < -0.39 is 11.7 Å². The lowest BCUT2D eigenvalue weighted by molar-refractivity contribution is -0.136. The normalized spacial score (nSPS) is 19.3. The van der Waals surface area contributed by atoms with E-state index in [0.717, 1.165) is 18.5 Å². The molecule has 164 valence electrons. The van der Waals surface area contributed by atoms with Crippen molar-refractivity contribution in [1.29, 1.82) is 0 Å². The van der Waals surface area contributed by atoms with E-state index in [9.17, 15) is 13.2 Å². The number of halogens is 3. The molecule has 2 fully saturated rings. The van der Waals surface area contributed by atoms with Crippen LogP contribution in [0.5, 0.6) is 0 Å². The van der Waals surface area contributed by atoms with Gasteiger partial charge in [0.2, 0.25) is 0 Å². The van der Waals surface area contributed by atoms with Gasteiger partial charge in [-0.25, -0.2) is 0 Å². The van der Waals surface area contributed by atoms with Gasteiger partial charge in [-0.15, -0.1) is 10.2 Å². The summed E-state index contributed by atoms with van der Waals surface area (Å²) in [5.41, 5.74) is 0.156. The third-order valence-electron chi connectivity index (χ3n) is 6.39. The van der Waals surface area contributed by atoms with E-state index in [-0.39, 0.29) is 16.9 Å². The molecule has 31 heavy (non-hydrogen) atoms. The molecule has 1 aromatic carbocycles. The maximum atomic E-state index is 14.2. The Kier molecular flexibility index (Phi) is 4.64. The standard InChI is InChI=1S/C23H26F3N5/c1-22(2)15-29(12-13-31(22)17-6-4-3-5-7-17)18-10-11-30-19(14-16-8-9-16)27-28-21(30)20(18)23(24,25)26/h3-7,10-11,16H,8-9,12-15H2,1-2H3. The Morgan fingerprint density at radius 1 is 1.03 bits per heavy atom. The lowest BCUT2D eigenvalue weighted by Crippen LogP contribution is -2.60. The van der Waals surface area contributed by atoms with Crippen LogP contribution in [0.25, 0.3) is 5.65 Å². The number of aromatic nitrogens is 3. The molecule has 0 atom stereocenters. The van der Waals surface area contributed by atoms with E-state index in [4.69, 9.17) is 0 Å². The van der Waals surface area contributed by atoms with Crippen molar-refractivity contribution in [3.63, 3.8) is 0 Å². The summed E-state index contributed by atoms with van der Waals surface area (Å²) < 4.78 is 44.2. The number of anilines is 2. The number of para-hydroxylation sites is 1. The highest BCUT2D eigenvalue weighted by Gasteiger charge is 2.42. The third-order valence-corrected chi connectivity index (χ3v) is 6.39. The molecule has 1 aliphatic heterocycles. The Balaban J connectivity index is 1.51. The van der Waals surface area contributed by atoms with Crippen molar-refractivity contribution >= 4 is 17.0 Å². The largest absolute Gasteiger partial charge is 0.422 e. The smallest absolute Gasteiger partial charge is 0.367 e. The molecule has 8 heteroatoms. The summed E-state index contributed by atoms with van der Waals surface area (Å²) in [4.78, 5) is 4.11. The Hall–Kier alpha value is -2.77. The quantitative estimate of drug-likeness (QED) is 0.597. The van der Waals surface area contributed by atoms with Crippen LogP contribution in [0, 0.1) is 5.92 Å². The van der Waals surface area contributed by atoms with Crippen LogP contribution in [0.1, 0.15) is 38.1 Å². The van der Waals surface area contributed by atoms with E-state index in [1.807, 2.05) is 35.2 Å². The van der Waals surface area contributed by atoms with Gasteiger partial charge in [0.25, 0.3) is 0 Å². The second-order valence-electron chi connectivity index (χ2n) is 9.25. The average molecular weight is 429 g/mol. The molecule has 0 amide bonds. The molecule has 0 N–H and O–H groups in total. The number of alkyl halides is 3. The summed E-state index contributed by atoms with van der Waals surface area (Å²) in [6.07, 6.45) is 0.0943. The van der Waals surface area contributed by atoms with Crippen molar-refractivity contribution in [2.75, 3.05) is 29.4 Å². The van der Waals surface area contributed by atoms with E-state index in [2.05, 4.69) is 28.9 Å². The summed E-state index contributed by atoms with van der Waals surface area (Å²) in [5, 5.41) is 8.08. The molecule has 5 rings (SSSR count). The van der Waals surface area contributed by atoms with Gasteiger partial charge in [-0.3, -0.25) is 4.40 Å². The molecule has 3 aromatic rings. The summed E-state index contributed by atoms with van der Waals surface area (Å²) in [6, 6.07) is 11.6. The summed E-state index contributed by atoms with van der Waals surface area (Å²) >= 11 is 0. The zero-order chi connectivity index (χ0) is 21.8. The molecule has 5 nitrogen and oxygen atoms in total. The maximum absolute atomic E-state index is 14.2. The first kappa shape index (κ1) is 20.2. The molecular weight excluding hydrogens is 403 g/mol. The second kappa shape index (κ2) is 7.14. The van der Waals surface area contributed by atoms with Gasteiger partial charge in [-0.1, -0.05) is 18.2 Å². The van der Waals surface area contributed by atoms with Crippen LogP contribution in [-0.4, -0.2) is 39.8 Å². The van der Waals surface area contributed by atoms with Crippen molar-refractivity contribution in [2.45, 2.75) is 44.8 Å². The molecule has 0 unspecified atom stereocenters. The summed E-state index contributed by atoms with van der Waals surface area (Å²) in [6.45, 7) is 5.76. The minimum Gasteiger partial charge on any atom is -0.367 e. The maximum Gasteiger partial charge on any atom is 0.422 e. The second-order valence-corrected chi connectivity index (χ2v) is 9.25. The monoisotopic (exact) mass is 429 g/mol. The lowest BCUT2D eigenvalue weighted by Gasteiger charge is -2.49. The molecule has 3 heterocycles. The Morgan fingerprint density at radius 3 is 2.42 bits per heavy atom. The molecule has 2 aromatic heterocycles. The average Bonchev–Trinajstić information content (AvgIpc) is 3.45. The van der Waals surface area contributed by atoms with Gasteiger partial charge in [0.05, 0.1) is 11.2 Å². The molecular formula is C23H26F3N5. The van der Waals surface area contributed by atoms with Crippen molar-refractivity contribution in [3.8, 4) is 0 Å². The van der Waals surface area contributed by atoms with Crippen LogP contribution in [0.3, 0.4) is 0 Å². The molecule has 2 aliphatic rings. The van der Waals surface area contributed by atoms with Crippen LogP contribution >= 0.6 is 0 Å².